The van der Waals surface area contributed by atoms with Crippen molar-refractivity contribution in [2.45, 2.75) is 63.9 Å². The summed E-state index contributed by atoms with van der Waals surface area (Å²) in [6.45, 7) is 4.75. The molecule has 1 N–H and O–H groups in total. The zero-order valence-electron chi connectivity index (χ0n) is 17.0. The standard InChI is InChI=1S/C22H26ClNO5/c1-21(2,3)29-16(25)12-24-20(28)17-18(26)14-11-13(23)7-8-15(14)22(19(17)27)9-5-4-6-10-22/h7-8,11,17H,4-6,9-10,12H2,1-3H3,(H,24,28). The number of ketones is 2. The summed E-state index contributed by atoms with van der Waals surface area (Å²) < 4.78 is 5.17. The molecule has 6 nitrogen and oxygen atoms in total. The number of benzene rings is 1. The molecular weight excluding hydrogens is 394 g/mol. The fourth-order valence-electron chi connectivity index (χ4n) is 4.37. The van der Waals surface area contributed by atoms with Gasteiger partial charge in [-0.05, 0) is 51.3 Å². The highest BCUT2D eigenvalue weighted by atomic mass is 35.5. The molecule has 1 amide bonds. The van der Waals surface area contributed by atoms with Gasteiger partial charge in [-0.2, -0.15) is 0 Å². The number of halogens is 1. The molecule has 3 rings (SSSR count). The summed E-state index contributed by atoms with van der Waals surface area (Å²) in [4.78, 5) is 51.2. The molecule has 29 heavy (non-hydrogen) atoms. The molecule has 0 aliphatic heterocycles. The molecule has 2 aliphatic carbocycles. The van der Waals surface area contributed by atoms with Crippen LogP contribution in [-0.4, -0.2) is 35.6 Å². The molecule has 1 aromatic carbocycles. The largest absolute Gasteiger partial charge is 0.459 e. The Balaban J connectivity index is 1.89. The zero-order valence-corrected chi connectivity index (χ0v) is 17.7. The molecule has 1 spiro atoms. The van der Waals surface area contributed by atoms with E-state index in [1.807, 2.05) is 0 Å². The van der Waals surface area contributed by atoms with Gasteiger partial charge in [0.15, 0.2) is 17.5 Å². The second-order valence-corrected chi connectivity index (χ2v) is 9.23. The van der Waals surface area contributed by atoms with Crippen LogP contribution in [0.4, 0.5) is 0 Å². The van der Waals surface area contributed by atoms with E-state index in [0.717, 1.165) is 19.3 Å². The van der Waals surface area contributed by atoms with E-state index in [1.165, 1.54) is 6.07 Å². The van der Waals surface area contributed by atoms with Crippen molar-refractivity contribution in [3.63, 3.8) is 0 Å². The molecule has 2 aliphatic rings. The topological polar surface area (TPSA) is 89.5 Å². The Bertz CT molecular complexity index is 864. The Morgan fingerprint density at radius 1 is 1.17 bits per heavy atom. The molecule has 1 aromatic rings. The number of rotatable bonds is 3. The molecule has 0 aromatic heterocycles. The van der Waals surface area contributed by atoms with Crippen molar-refractivity contribution in [3.05, 3.63) is 34.3 Å². The number of Topliss-reactive ketones (excluding diaryl/α,β-unsaturated/α-hetero) is 2. The van der Waals surface area contributed by atoms with Crippen LogP contribution in [0.1, 0.15) is 68.8 Å². The number of ether oxygens (including phenoxy) is 1. The molecule has 1 unspecified atom stereocenters. The number of nitrogens with one attached hydrogen (secondary N) is 1. The van der Waals surface area contributed by atoms with Crippen molar-refractivity contribution >= 4 is 35.0 Å². The highest BCUT2D eigenvalue weighted by Crippen LogP contribution is 2.47. The van der Waals surface area contributed by atoms with Crippen molar-refractivity contribution < 1.29 is 23.9 Å². The third-order valence-corrected chi connectivity index (χ3v) is 5.79. The number of carbonyl (C=O) groups excluding carboxylic acids is 4. The van der Waals surface area contributed by atoms with E-state index in [0.29, 0.717) is 29.0 Å². The molecule has 0 bridgehead atoms. The second-order valence-electron chi connectivity index (χ2n) is 8.80. The fraction of sp³-hybridized carbons (Fsp3) is 0.545. The van der Waals surface area contributed by atoms with E-state index in [9.17, 15) is 19.2 Å². The average Bonchev–Trinajstić information content (AvgIpc) is 2.64. The van der Waals surface area contributed by atoms with Gasteiger partial charge in [-0.1, -0.05) is 36.9 Å². The Kier molecular flexibility index (Phi) is 5.86. The Labute approximate surface area is 175 Å². The number of hydrogen-bond donors (Lipinski definition) is 1. The van der Waals surface area contributed by atoms with Gasteiger partial charge in [0.2, 0.25) is 5.91 Å². The highest BCUT2D eigenvalue weighted by molar-refractivity contribution is 6.33. The maximum Gasteiger partial charge on any atom is 0.325 e. The lowest BCUT2D eigenvalue weighted by Crippen LogP contribution is -2.54. The molecular formula is C22H26ClNO5. The van der Waals surface area contributed by atoms with Crippen molar-refractivity contribution in [1.82, 2.24) is 5.32 Å². The average molecular weight is 420 g/mol. The Morgan fingerprint density at radius 3 is 2.45 bits per heavy atom. The van der Waals surface area contributed by atoms with Crippen LogP contribution < -0.4 is 5.32 Å². The molecule has 7 heteroatoms. The molecule has 0 heterocycles. The lowest BCUT2D eigenvalue weighted by atomic mass is 9.58. The van der Waals surface area contributed by atoms with Gasteiger partial charge in [0, 0.05) is 10.6 Å². The first kappa shape index (κ1) is 21.5. The number of fused-ring (bicyclic) bond motifs is 2. The maximum atomic E-state index is 13.4. The summed E-state index contributed by atoms with van der Waals surface area (Å²) in [5.41, 5.74) is -0.538. The first-order valence-corrected chi connectivity index (χ1v) is 10.3. The van der Waals surface area contributed by atoms with Crippen LogP contribution in [0.3, 0.4) is 0 Å². The lowest BCUT2D eigenvalue weighted by molar-refractivity contribution is -0.155. The summed E-state index contributed by atoms with van der Waals surface area (Å²) in [6, 6.07) is 4.96. The zero-order chi connectivity index (χ0) is 21.4. The van der Waals surface area contributed by atoms with Gasteiger partial charge in [-0.15, -0.1) is 0 Å². The van der Waals surface area contributed by atoms with Crippen molar-refractivity contribution in [3.8, 4) is 0 Å². The second kappa shape index (κ2) is 7.90. The minimum Gasteiger partial charge on any atom is -0.459 e. The van der Waals surface area contributed by atoms with E-state index >= 15 is 0 Å². The van der Waals surface area contributed by atoms with Gasteiger partial charge >= 0.3 is 5.97 Å². The van der Waals surface area contributed by atoms with E-state index in [2.05, 4.69) is 5.32 Å². The maximum absolute atomic E-state index is 13.4. The normalized spacial score (nSPS) is 20.9. The van der Waals surface area contributed by atoms with E-state index in [4.69, 9.17) is 16.3 Å². The SMILES string of the molecule is CC(C)(C)OC(=O)CNC(=O)C1C(=O)c2cc(Cl)ccc2C2(CCCCC2)C1=O. The number of hydrogen-bond acceptors (Lipinski definition) is 5. The van der Waals surface area contributed by atoms with Crippen LogP contribution in [0, 0.1) is 5.92 Å². The van der Waals surface area contributed by atoms with Gasteiger partial charge in [0.25, 0.3) is 0 Å². The van der Waals surface area contributed by atoms with Crippen LogP contribution >= 0.6 is 11.6 Å². The monoisotopic (exact) mass is 419 g/mol. The van der Waals surface area contributed by atoms with E-state index in [1.54, 1.807) is 32.9 Å². The van der Waals surface area contributed by atoms with Crippen molar-refractivity contribution in [2.24, 2.45) is 5.92 Å². The molecule has 0 saturated heterocycles. The minimum atomic E-state index is -1.47. The number of amides is 1. The van der Waals surface area contributed by atoms with Crippen molar-refractivity contribution in [1.29, 1.82) is 0 Å². The fourth-order valence-corrected chi connectivity index (χ4v) is 4.54. The van der Waals surface area contributed by atoms with Crippen molar-refractivity contribution in [2.75, 3.05) is 6.54 Å². The summed E-state index contributed by atoms with van der Waals surface area (Å²) in [5, 5.41) is 2.79. The van der Waals surface area contributed by atoms with Crippen LogP contribution in [0.25, 0.3) is 0 Å². The predicted octanol–water partition coefficient (Wildman–Crippen LogP) is 3.38. The third kappa shape index (κ3) is 4.22. The number of carbonyl (C=O) groups is 4. The Hall–Kier alpha value is -2.21. The quantitative estimate of drug-likeness (QED) is 0.599. The summed E-state index contributed by atoms with van der Waals surface area (Å²) in [5.74, 6) is -3.80. The van der Waals surface area contributed by atoms with E-state index < -0.39 is 41.1 Å². The molecule has 1 saturated carbocycles. The lowest BCUT2D eigenvalue weighted by Gasteiger charge is -2.42. The van der Waals surface area contributed by atoms with Gasteiger partial charge < -0.3 is 10.1 Å². The Morgan fingerprint density at radius 2 is 1.83 bits per heavy atom. The first-order valence-electron chi connectivity index (χ1n) is 9.93. The molecule has 1 atom stereocenters. The predicted molar refractivity (Wildman–Crippen MR) is 108 cm³/mol. The summed E-state index contributed by atoms with van der Waals surface area (Å²) in [6.07, 6.45) is 3.93. The molecule has 0 radical (unpaired) electrons. The minimum absolute atomic E-state index is 0.330. The van der Waals surface area contributed by atoms with E-state index in [-0.39, 0.29) is 5.78 Å². The number of esters is 1. The summed E-state index contributed by atoms with van der Waals surface area (Å²) in [7, 11) is 0. The van der Waals surface area contributed by atoms with Gasteiger partial charge in [-0.3, -0.25) is 19.2 Å². The molecule has 1 fully saturated rings. The van der Waals surface area contributed by atoms with Gasteiger partial charge in [0.05, 0.1) is 5.41 Å². The highest BCUT2D eigenvalue weighted by Gasteiger charge is 2.54. The van der Waals surface area contributed by atoms with Crippen LogP contribution in [0.15, 0.2) is 18.2 Å². The first-order chi connectivity index (χ1) is 13.5. The van der Waals surface area contributed by atoms with Crippen LogP contribution in [0.5, 0.6) is 0 Å². The van der Waals surface area contributed by atoms with Gasteiger partial charge in [0.1, 0.15) is 12.1 Å². The van der Waals surface area contributed by atoms with Gasteiger partial charge in [-0.25, -0.2) is 0 Å². The van der Waals surface area contributed by atoms with Crippen LogP contribution in [0.2, 0.25) is 5.02 Å². The third-order valence-electron chi connectivity index (χ3n) is 5.55. The summed E-state index contributed by atoms with van der Waals surface area (Å²) >= 11 is 6.10. The molecule has 156 valence electrons. The smallest absolute Gasteiger partial charge is 0.325 e. The van der Waals surface area contributed by atoms with Crippen LogP contribution in [-0.2, 0) is 24.5 Å².